The van der Waals surface area contributed by atoms with Crippen LogP contribution in [0.1, 0.15) is 12.0 Å². The van der Waals surface area contributed by atoms with Gasteiger partial charge in [-0.2, -0.15) is 0 Å². The lowest BCUT2D eigenvalue weighted by Crippen LogP contribution is -2.51. The smallest absolute Gasteiger partial charge is 0.231 e. The van der Waals surface area contributed by atoms with Crippen LogP contribution in [0.3, 0.4) is 0 Å². The molecule has 8 heteroatoms. The van der Waals surface area contributed by atoms with E-state index in [0.29, 0.717) is 17.2 Å². The molecule has 0 aromatic heterocycles. The fourth-order valence-electron chi connectivity index (χ4n) is 3.52. The third-order valence-corrected chi connectivity index (χ3v) is 5.05. The minimum Gasteiger partial charge on any atom is -0.548 e. The molecule has 2 aromatic rings. The molecule has 2 aliphatic rings. The number of carbonyl (C=O) groups is 3. The van der Waals surface area contributed by atoms with Crippen LogP contribution in [0.4, 0.5) is 5.69 Å². The van der Waals surface area contributed by atoms with E-state index in [4.69, 9.17) is 9.47 Å². The summed E-state index contributed by atoms with van der Waals surface area (Å²) in [4.78, 5) is 38.1. The summed E-state index contributed by atoms with van der Waals surface area (Å²) in [6.45, 7) is 0.291. The summed E-state index contributed by atoms with van der Waals surface area (Å²) in [5.41, 5.74) is 1.38. The highest BCUT2D eigenvalue weighted by Gasteiger charge is 2.36. The number of hydrogen-bond donors (Lipinski definition) is 1. The van der Waals surface area contributed by atoms with Gasteiger partial charge < -0.3 is 29.6 Å². The minimum atomic E-state index is -1.36. The Labute approximate surface area is 167 Å². The zero-order valence-corrected chi connectivity index (χ0v) is 15.5. The summed E-state index contributed by atoms with van der Waals surface area (Å²) < 4.78 is 10.6. The van der Waals surface area contributed by atoms with Crippen LogP contribution in [0.5, 0.6) is 11.5 Å². The van der Waals surface area contributed by atoms with Crippen molar-refractivity contribution in [3.63, 3.8) is 0 Å². The second kappa shape index (κ2) is 7.83. The van der Waals surface area contributed by atoms with Crippen LogP contribution in [0.2, 0.25) is 0 Å². The minimum absolute atomic E-state index is 0.00534. The van der Waals surface area contributed by atoms with E-state index in [1.807, 2.05) is 6.07 Å². The summed E-state index contributed by atoms with van der Waals surface area (Å²) in [6, 6.07) is 12.9. The number of carboxylic acids is 1. The molecular weight excluding hydrogens is 376 g/mol. The summed E-state index contributed by atoms with van der Waals surface area (Å²) in [7, 11) is 0. The first-order chi connectivity index (χ1) is 14.0. The molecule has 150 valence electrons. The van der Waals surface area contributed by atoms with Gasteiger partial charge in [-0.15, -0.1) is 0 Å². The lowest BCUT2D eigenvalue weighted by atomic mass is 10.0. The first kappa shape index (κ1) is 18.8. The molecule has 4 rings (SSSR count). The maximum absolute atomic E-state index is 12.6. The number of hydrogen-bond acceptors (Lipinski definition) is 6. The van der Waals surface area contributed by atoms with E-state index in [1.165, 1.54) is 4.90 Å². The van der Waals surface area contributed by atoms with E-state index >= 15 is 0 Å². The molecule has 8 nitrogen and oxygen atoms in total. The van der Waals surface area contributed by atoms with Crippen molar-refractivity contribution in [1.82, 2.24) is 5.32 Å². The van der Waals surface area contributed by atoms with Crippen molar-refractivity contribution >= 4 is 23.5 Å². The Morgan fingerprint density at radius 2 is 1.90 bits per heavy atom. The predicted molar refractivity (Wildman–Crippen MR) is 100 cm³/mol. The molecule has 2 heterocycles. The van der Waals surface area contributed by atoms with E-state index in [0.717, 1.165) is 5.56 Å². The van der Waals surface area contributed by atoms with Gasteiger partial charge in [0.05, 0.1) is 17.9 Å². The van der Waals surface area contributed by atoms with Crippen molar-refractivity contribution in [2.45, 2.75) is 18.9 Å². The Morgan fingerprint density at radius 1 is 1.14 bits per heavy atom. The number of rotatable bonds is 6. The van der Waals surface area contributed by atoms with Crippen molar-refractivity contribution in [3.05, 3.63) is 54.1 Å². The lowest BCUT2D eigenvalue weighted by Gasteiger charge is -2.22. The number of fused-ring (bicyclic) bond motifs is 1. The Bertz CT molecular complexity index is 945. The van der Waals surface area contributed by atoms with Crippen molar-refractivity contribution < 1.29 is 29.0 Å². The highest BCUT2D eigenvalue weighted by molar-refractivity contribution is 6.01. The second-order valence-electron chi connectivity index (χ2n) is 7.01. The van der Waals surface area contributed by atoms with Crippen molar-refractivity contribution in [2.24, 2.45) is 5.92 Å². The van der Waals surface area contributed by atoms with E-state index < -0.39 is 23.8 Å². The van der Waals surface area contributed by atoms with Crippen molar-refractivity contribution in [1.29, 1.82) is 0 Å². The molecule has 2 amide bonds. The topological polar surface area (TPSA) is 108 Å². The van der Waals surface area contributed by atoms with Crippen LogP contribution in [0.15, 0.2) is 48.5 Å². The maximum Gasteiger partial charge on any atom is 0.231 e. The Hall–Kier alpha value is -3.55. The molecule has 0 bridgehead atoms. The van der Waals surface area contributed by atoms with Gasteiger partial charge in [-0.1, -0.05) is 30.3 Å². The third-order valence-electron chi connectivity index (χ3n) is 5.05. The molecule has 2 aromatic carbocycles. The maximum atomic E-state index is 12.6. The van der Waals surface area contributed by atoms with Gasteiger partial charge in [-0.25, -0.2) is 0 Å². The van der Waals surface area contributed by atoms with Gasteiger partial charge >= 0.3 is 0 Å². The monoisotopic (exact) mass is 395 g/mol. The second-order valence-corrected chi connectivity index (χ2v) is 7.01. The van der Waals surface area contributed by atoms with Gasteiger partial charge in [0.1, 0.15) is 0 Å². The van der Waals surface area contributed by atoms with E-state index in [-0.39, 0.29) is 32.1 Å². The van der Waals surface area contributed by atoms with Gasteiger partial charge in [0.2, 0.25) is 18.6 Å². The van der Waals surface area contributed by atoms with E-state index in [9.17, 15) is 19.5 Å². The number of benzene rings is 2. The van der Waals surface area contributed by atoms with Gasteiger partial charge in [0, 0.05) is 24.7 Å². The van der Waals surface area contributed by atoms with Crippen LogP contribution in [-0.2, 0) is 20.8 Å². The van der Waals surface area contributed by atoms with Crippen LogP contribution in [0, 0.1) is 5.92 Å². The summed E-state index contributed by atoms with van der Waals surface area (Å²) >= 11 is 0. The summed E-state index contributed by atoms with van der Waals surface area (Å²) in [6.07, 6.45) is 0.118. The summed E-state index contributed by atoms with van der Waals surface area (Å²) in [5, 5.41) is 14.0. The fourth-order valence-corrected chi connectivity index (χ4v) is 3.52. The largest absolute Gasteiger partial charge is 0.548 e. The number of nitrogens with zero attached hydrogens (tertiary/aromatic N) is 1. The van der Waals surface area contributed by atoms with Crippen molar-refractivity contribution in [2.75, 3.05) is 18.2 Å². The van der Waals surface area contributed by atoms with Gasteiger partial charge in [0.25, 0.3) is 0 Å². The lowest BCUT2D eigenvalue weighted by molar-refractivity contribution is -0.308. The molecule has 1 N–H and O–H groups in total. The molecule has 2 aliphatic heterocycles. The molecule has 1 saturated heterocycles. The van der Waals surface area contributed by atoms with Crippen LogP contribution in [-0.4, -0.2) is 37.2 Å². The molecule has 0 spiro atoms. The quantitative estimate of drug-likeness (QED) is 0.751. The van der Waals surface area contributed by atoms with E-state index in [2.05, 4.69) is 5.32 Å². The Kier molecular flexibility index (Phi) is 5.07. The normalized spacial score (nSPS) is 18.6. The number of nitrogens with one attached hydrogen (secondary N) is 1. The average molecular weight is 395 g/mol. The average Bonchev–Trinajstić information content (AvgIpc) is 3.34. The molecule has 0 aliphatic carbocycles. The van der Waals surface area contributed by atoms with Crippen molar-refractivity contribution in [3.8, 4) is 11.5 Å². The van der Waals surface area contributed by atoms with Gasteiger partial charge in [-0.05, 0) is 24.1 Å². The third kappa shape index (κ3) is 4.01. The number of anilines is 1. The molecule has 0 saturated carbocycles. The number of ether oxygens (including phenoxy) is 2. The van der Waals surface area contributed by atoms with E-state index in [1.54, 1.807) is 42.5 Å². The standard InChI is InChI=1S/C21H20N2O6/c24-19-9-14(11-23(19)15-6-7-17-18(10-15)29-12-28-17)20(25)22-16(21(26)27)8-13-4-2-1-3-5-13/h1-7,10,14,16H,8-9,11-12H2,(H,22,25)(H,26,27)/p-1/t14-,16+/m1/s1. The highest BCUT2D eigenvalue weighted by atomic mass is 16.7. The Balaban J connectivity index is 1.42. The van der Waals surface area contributed by atoms with Gasteiger partial charge in [-0.3, -0.25) is 9.59 Å². The molecule has 29 heavy (non-hydrogen) atoms. The number of carbonyl (C=O) groups excluding carboxylic acids is 3. The number of carboxylic acid groups (broad SMARTS) is 1. The number of aliphatic carboxylic acids is 1. The molecule has 2 atom stereocenters. The molecule has 1 fully saturated rings. The SMILES string of the molecule is O=C(N[C@@H](Cc1ccccc1)C(=O)[O-])[C@@H]1CC(=O)N(c2ccc3c(c2)OCO3)C1. The molecule has 0 radical (unpaired) electrons. The molecule has 0 unspecified atom stereocenters. The molecular formula is C21H19N2O6-. The fraction of sp³-hybridized carbons (Fsp3) is 0.286. The first-order valence-electron chi connectivity index (χ1n) is 9.26. The predicted octanol–water partition coefficient (Wildman–Crippen LogP) is 0.246. The first-order valence-corrected chi connectivity index (χ1v) is 9.26. The zero-order valence-electron chi connectivity index (χ0n) is 15.5. The van der Waals surface area contributed by atoms with Gasteiger partial charge in [0.15, 0.2) is 11.5 Å². The Morgan fingerprint density at radius 3 is 2.66 bits per heavy atom. The summed E-state index contributed by atoms with van der Waals surface area (Å²) in [5.74, 6) is -1.55. The van der Waals surface area contributed by atoms with Crippen LogP contribution >= 0.6 is 0 Å². The van der Waals surface area contributed by atoms with Crippen LogP contribution in [0.25, 0.3) is 0 Å². The zero-order chi connectivity index (χ0) is 20.4. The number of amides is 2. The highest BCUT2D eigenvalue weighted by Crippen LogP contribution is 2.37. The van der Waals surface area contributed by atoms with Crippen LogP contribution < -0.4 is 24.8 Å².